The summed E-state index contributed by atoms with van der Waals surface area (Å²) in [5.74, 6) is -5.81. The van der Waals surface area contributed by atoms with Gasteiger partial charge < -0.3 is 31.3 Å². The molecule has 0 unspecified atom stereocenters. The van der Waals surface area contributed by atoms with Gasteiger partial charge in [0.2, 0.25) is 17.7 Å². The fourth-order valence-electron chi connectivity index (χ4n) is 2.35. The molecule has 0 saturated heterocycles. The average molecular weight is 464 g/mol. The summed E-state index contributed by atoms with van der Waals surface area (Å²) in [5.41, 5.74) is 0. The van der Waals surface area contributed by atoms with Crippen molar-refractivity contribution in [2.24, 2.45) is 5.92 Å². The van der Waals surface area contributed by atoms with Crippen molar-refractivity contribution in [1.82, 2.24) is 16.0 Å². The van der Waals surface area contributed by atoms with Crippen LogP contribution in [0, 0.1) is 5.92 Å². The molecule has 0 saturated carbocycles. The lowest BCUT2D eigenvalue weighted by Gasteiger charge is -2.23. The van der Waals surface area contributed by atoms with Crippen molar-refractivity contribution in [3.05, 3.63) is 0 Å². The van der Waals surface area contributed by atoms with Crippen LogP contribution in [0.3, 0.4) is 0 Å². The minimum absolute atomic E-state index is 0.0553. The summed E-state index contributed by atoms with van der Waals surface area (Å²) in [6, 6.07) is -3.64. The molecule has 31 heavy (non-hydrogen) atoms. The molecule has 0 bridgehead atoms. The van der Waals surface area contributed by atoms with E-state index in [1.807, 2.05) is 0 Å². The van der Waals surface area contributed by atoms with Gasteiger partial charge in [0.15, 0.2) is 0 Å². The molecule has 0 aliphatic heterocycles. The number of carboxylic acids is 3. The van der Waals surface area contributed by atoms with E-state index in [0.29, 0.717) is 0 Å². The standard InChI is InChI=1S/C18H29N3O9S/c1-9(2)15(19-10(3)22)16(26)21-11(17(27)28)4-5-13(23)20-12(18(29)30)8-31-7-6-14(24)25/h9,11-12,15H,4-8H2,1-3H3,(H,19,22)(H,20,23)(H,21,26)(H,24,25)(H,27,28)(H,29,30)/t11-,12-,15+/m1/s1. The van der Waals surface area contributed by atoms with E-state index in [9.17, 15) is 39.0 Å². The summed E-state index contributed by atoms with van der Waals surface area (Å²) in [6.45, 7) is 4.56. The summed E-state index contributed by atoms with van der Waals surface area (Å²) in [6.07, 6.45) is -0.815. The molecule has 0 heterocycles. The third-order valence-electron chi connectivity index (χ3n) is 3.96. The van der Waals surface area contributed by atoms with E-state index in [-0.39, 0.29) is 36.7 Å². The van der Waals surface area contributed by atoms with Gasteiger partial charge in [-0.15, -0.1) is 0 Å². The minimum Gasteiger partial charge on any atom is -0.481 e. The number of thioether (sulfide) groups is 1. The highest BCUT2D eigenvalue weighted by molar-refractivity contribution is 7.99. The molecule has 0 spiro atoms. The number of nitrogens with one attached hydrogen (secondary N) is 3. The van der Waals surface area contributed by atoms with Gasteiger partial charge in [0.05, 0.1) is 6.42 Å². The molecule has 0 rings (SSSR count). The van der Waals surface area contributed by atoms with Gasteiger partial charge in [-0.25, -0.2) is 9.59 Å². The molecule has 3 atom stereocenters. The Kier molecular flexibility index (Phi) is 12.9. The van der Waals surface area contributed by atoms with E-state index in [0.717, 1.165) is 11.8 Å². The third-order valence-corrected chi connectivity index (χ3v) is 5.02. The van der Waals surface area contributed by atoms with E-state index < -0.39 is 53.8 Å². The zero-order valence-corrected chi connectivity index (χ0v) is 18.4. The summed E-state index contributed by atoms with van der Waals surface area (Å²) >= 11 is 1.05. The third kappa shape index (κ3) is 12.5. The SMILES string of the molecule is CC(=O)N[C@H](C(=O)N[C@H](CCC(=O)N[C@H](CSCCC(=O)O)C(=O)O)C(=O)O)C(C)C. The zero-order valence-electron chi connectivity index (χ0n) is 17.5. The second-order valence-electron chi connectivity index (χ2n) is 7.04. The van der Waals surface area contributed by atoms with Crippen LogP contribution in [-0.4, -0.2) is 80.6 Å². The van der Waals surface area contributed by atoms with E-state index in [2.05, 4.69) is 16.0 Å². The highest BCUT2D eigenvalue weighted by Gasteiger charge is 2.29. The first-order valence-electron chi connectivity index (χ1n) is 9.47. The fraction of sp³-hybridized carbons (Fsp3) is 0.667. The van der Waals surface area contributed by atoms with Crippen molar-refractivity contribution in [2.75, 3.05) is 11.5 Å². The van der Waals surface area contributed by atoms with E-state index >= 15 is 0 Å². The van der Waals surface area contributed by atoms with Crippen LogP contribution in [0.5, 0.6) is 0 Å². The Hall–Kier alpha value is -2.83. The first-order valence-corrected chi connectivity index (χ1v) is 10.6. The predicted molar refractivity (Wildman–Crippen MR) is 110 cm³/mol. The lowest BCUT2D eigenvalue weighted by molar-refractivity contribution is -0.143. The number of rotatable bonds is 15. The second-order valence-corrected chi connectivity index (χ2v) is 8.19. The van der Waals surface area contributed by atoms with E-state index in [1.54, 1.807) is 13.8 Å². The number of aliphatic carboxylic acids is 3. The van der Waals surface area contributed by atoms with Gasteiger partial charge in [-0.3, -0.25) is 19.2 Å². The number of amides is 3. The molecule has 0 aromatic heterocycles. The van der Waals surface area contributed by atoms with E-state index in [1.165, 1.54) is 6.92 Å². The molecule has 0 aromatic rings. The predicted octanol–water partition coefficient (Wildman–Crippen LogP) is -0.726. The topological polar surface area (TPSA) is 199 Å². The Morgan fingerprint density at radius 2 is 1.42 bits per heavy atom. The summed E-state index contributed by atoms with van der Waals surface area (Å²) in [4.78, 5) is 68.8. The Labute approximate surface area is 183 Å². The first kappa shape index (κ1) is 28.2. The molecule has 176 valence electrons. The molecule has 3 amide bonds. The first-order chi connectivity index (χ1) is 14.3. The van der Waals surface area contributed by atoms with Crippen molar-refractivity contribution in [3.63, 3.8) is 0 Å². The summed E-state index contributed by atoms with van der Waals surface area (Å²) in [5, 5.41) is 34.0. The fourth-order valence-corrected chi connectivity index (χ4v) is 3.30. The number of carbonyl (C=O) groups is 6. The smallest absolute Gasteiger partial charge is 0.327 e. The highest BCUT2D eigenvalue weighted by atomic mass is 32.2. The molecule has 0 radical (unpaired) electrons. The maximum absolute atomic E-state index is 12.3. The van der Waals surface area contributed by atoms with Crippen LogP contribution < -0.4 is 16.0 Å². The van der Waals surface area contributed by atoms with Crippen molar-refractivity contribution in [1.29, 1.82) is 0 Å². The monoisotopic (exact) mass is 463 g/mol. The maximum atomic E-state index is 12.3. The second kappa shape index (κ2) is 14.2. The average Bonchev–Trinajstić information content (AvgIpc) is 2.64. The van der Waals surface area contributed by atoms with Crippen molar-refractivity contribution in [3.8, 4) is 0 Å². The lowest BCUT2D eigenvalue weighted by atomic mass is 10.0. The molecule has 6 N–H and O–H groups in total. The zero-order chi connectivity index (χ0) is 24.1. The molecule has 0 aromatic carbocycles. The quantitative estimate of drug-likeness (QED) is 0.168. The van der Waals surface area contributed by atoms with Crippen LogP contribution in [0.25, 0.3) is 0 Å². The molecular formula is C18H29N3O9S. The molecule has 0 aliphatic rings. The van der Waals surface area contributed by atoms with Gasteiger partial charge >= 0.3 is 17.9 Å². The Morgan fingerprint density at radius 1 is 0.839 bits per heavy atom. The molecule has 0 aliphatic carbocycles. The van der Waals surface area contributed by atoms with Gasteiger partial charge in [0.1, 0.15) is 18.1 Å². The number of carboxylic acid groups (broad SMARTS) is 3. The highest BCUT2D eigenvalue weighted by Crippen LogP contribution is 2.08. The van der Waals surface area contributed by atoms with Gasteiger partial charge in [0.25, 0.3) is 0 Å². The largest absolute Gasteiger partial charge is 0.481 e. The maximum Gasteiger partial charge on any atom is 0.327 e. The van der Waals surface area contributed by atoms with Gasteiger partial charge in [-0.1, -0.05) is 13.8 Å². The van der Waals surface area contributed by atoms with Crippen molar-refractivity contribution < 1.29 is 44.1 Å². The number of hydrogen-bond donors (Lipinski definition) is 6. The molecule has 13 heteroatoms. The lowest BCUT2D eigenvalue weighted by Crippen LogP contribution is -2.53. The number of carbonyl (C=O) groups excluding carboxylic acids is 3. The summed E-state index contributed by atoms with van der Waals surface area (Å²) in [7, 11) is 0. The van der Waals surface area contributed by atoms with Crippen LogP contribution in [0.1, 0.15) is 40.0 Å². The van der Waals surface area contributed by atoms with E-state index in [4.69, 9.17) is 5.11 Å². The number of hydrogen-bond acceptors (Lipinski definition) is 7. The molecular weight excluding hydrogens is 434 g/mol. The Balaban J connectivity index is 4.79. The van der Waals surface area contributed by atoms with Gasteiger partial charge in [-0.05, 0) is 12.3 Å². The Bertz CT molecular complexity index is 684. The Morgan fingerprint density at radius 3 is 1.87 bits per heavy atom. The van der Waals surface area contributed by atoms with Crippen LogP contribution in [-0.2, 0) is 28.8 Å². The van der Waals surface area contributed by atoms with Crippen LogP contribution in [0.15, 0.2) is 0 Å². The minimum atomic E-state index is -1.42. The van der Waals surface area contributed by atoms with Gasteiger partial charge in [-0.2, -0.15) is 11.8 Å². The van der Waals surface area contributed by atoms with Gasteiger partial charge in [0, 0.05) is 24.9 Å². The van der Waals surface area contributed by atoms with Crippen LogP contribution in [0.2, 0.25) is 0 Å². The van der Waals surface area contributed by atoms with Crippen molar-refractivity contribution >= 4 is 47.4 Å². The summed E-state index contributed by atoms with van der Waals surface area (Å²) < 4.78 is 0. The van der Waals surface area contributed by atoms with Crippen molar-refractivity contribution in [2.45, 2.75) is 58.2 Å². The van der Waals surface area contributed by atoms with Crippen LogP contribution >= 0.6 is 11.8 Å². The van der Waals surface area contributed by atoms with Crippen LogP contribution in [0.4, 0.5) is 0 Å². The normalized spacial score (nSPS) is 13.5. The molecule has 0 fully saturated rings. The molecule has 12 nitrogen and oxygen atoms in total.